The molecule has 0 saturated carbocycles. The van der Waals surface area contributed by atoms with E-state index in [1.54, 1.807) is 19.1 Å². The molecule has 0 amide bonds. The lowest BCUT2D eigenvalue weighted by Gasteiger charge is -2.04. The molecule has 0 saturated heterocycles. The standard InChI is InChI=1S/C9H8N2O3S/c1-6-10-11-9(14-6)7-3-2-4-8(5-7)15(12)13/h2-5H,1H3,(H,12,13)/p-1. The van der Waals surface area contributed by atoms with Crippen molar-refractivity contribution in [3.8, 4) is 11.5 Å². The van der Waals surface area contributed by atoms with E-state index in [2.05, 4.69) is 10.2 Å². The van der Waals surface area contributed by atoms with Gasteiger partial charge in [0, 0.05) is 17.4 Å². The molecule has 6 heteroatoms. The van der Waals surface area contributed by atoms with Gasteiger partial charge in [-0.05, 0) is 29.3 Å². The van der Waals surface area contributed by atoms with Crippen LogP contribution in [0.3, 0.4) is 0 Å². The number of benzene rings is 1. The highest BCUT2D eigenvalue weighted by Gasteiger charge is 2.06. The van der Waals surface area contributed by atoms with Crippen LogP contribution in [0.1, 0.15) is 5.89 Å². The zero-order chi connectivity index (χ0) is 10.8. The van der Waals surface area contributed by atoms with Crippen LogP contribution in [0.25, 0.3) is 11.5 Å². The van der Waals surface area contributed by atoms with Gasteiger partial charge >= 0.3 is 0 Å². The van der Waals surface area contributed by atoms with Gasteiger partial charge in [0.2, 0.25) is 11.8 Å². The number of nitrogens with zero attached hydrogens (tertiary/aromatic N) is 2. The molecule has 0 bridgehead atoms. The van der Waals surface area contributed by atoms with Crippen molar-refractivity contribution >= 4 is 11.1 Å². The molecule has 78 valence electrons. The van der Waals surface area contributed by atoms with Crippen LogP contribution in [0.2, 0.25) is 0 Å². The summed E-state index contributed by atoms with van der Waals surface area (Å²) in [5, 5.41) is 7.47. The Hall–Kier alpha value is -1.53. The maximum atomic E-state index is 10.7. The minimum absolute atomic E-state index is 0.198. The van der Waals surface area contributed by atoms with Gasteiger partial charge in [-0.3, -0.25) is 4.21 Å². The maximum absolute atomic E-state index is 10.7. The van der Waals surface area contributed by atoms with E-state index < -0.39 is 11.1 Å². The Bertz CT molecular complexity index is 510. The second-order valence-corrected chi connectivity index (χ2v) is 3.83. The lowest BCUT2D eigenvalue weighted by atomic mass is 10.2. The molecule has 0 spiro atoms. The molecule has 2 aromatic rings. The lowest BCUT2D eigenvalue weighted by Crippen LogP contribution is -1.89. The molecule has 0 aliphatic heterocycles. The molecule has 0 aliphatic carbocycles. The van der Waals surface area contributed by atoms with E-state index >= 15 is 0 Å². The summed E-state index contributed by atoms with van der Waals surface area (Å²) < 4.78 is 26.6. The van der Waals surface area contributed by atoms with Crippen molar-refractivity contribution in [1.29, 1.82) is 0 Å². The van der Waals surface area contributed by atoms with Crippen LogP contribution in [-0.4, -0.2) is 19.0 Å². The van der Waals surface area contributed by atoms with Gasteiger partial charge in [0.15, 0.2) is 0 Å². The second kappa shape index (κ2) is 3.92. The van der Waals surface area contributed by atoms with Gasteiger partial charge in [-0.25, -0.2) is 0 Å². The third-order valence-corrected chi connectivity index (χ3v) is 2.44. The van der Waals surface area contributed by atoms with Crippen molar-refractivity contribution in [2.24, 2.45) is 0 Å². The molecule has 1 atom stereocenters. The Balaban J connectivity index is 2.45. The van der Waals surface area contributed by atoms with Crippen molar-refractivity contribution in [3.05, 3.63) is 30.2 Å². The molecule has 0 radical (unpaired) electrons. The Labute approximate surface area is 88.4 Å². The third kappa shape index (κ3) is 2.11. The minimum Gasteiger partial charge on any atom is -0.768 e. The number of rotatable bonds is 2. The van der Waals surface area contributed by atoms with E-state index in [1.165, 1.54) is 12.1 Å². The molecule has 1 aromatic heterocycles. The maximum Gasteiger partial charge on any atom is 0.247 e. The van der Waals surface area contributed by atoms with E-state index in [9.17, 15) is 8.76 Å². The van der Waals surface area contributed by atoms with Crippen LogP contribution in [-0.2, 0) is 11.1 Å². The summed E-state index contributed by atoms with van der Waals surface area (Å²) in [4.78, 5) is 0.198. The van der Waals surface area contributed by atoms with Gasteiger partial charge in [0.1, 0.15) is 0 Å². The average molecular weight is 223 g/mol. The van der Waals surface area contributed by atoms with Crippen molar-refractivity contribution in [2.45, 2.75) is 11.8 Å². The fourth-order valence-corrected chi connectivity index (χ4v) is 1.56. The number of hydrogen-bond donors (Lipinski definition) is 0. The highest BCUT2D eigenvalue weighted by Crippen LogP contribution is 2.19. The highest BCUT2D eigenvalue weighted by molar-refractivity contribution is 7.79. The Morgan fingerprint density at radius 1 is 1.40 bits per heavy atom. The summed E-state index contributed by atoms with van der Waals surface area (Å²) >= 11 is -2.25. The fraction of sp³-hybridized carbons (Fsp3) is 0.111. The largest absolute Gasteiger partial charge is 0.768 e. The summed E-state index contributed by atoms with van der Waals surface area (Å²) in [6, 6.07) is 6.31. The van der Waals surface area contributed by atoms with Crippen LogP contribution < -0.4 is 0 Å². The van der Waals surface area contributed by atoms with Gasteiger partial charge < -0.3 is 8.97 Å². The quantitative estimate of drug-likeness (QED) is 0.716. The zero-order valence-electron chi connectivity index (χ0n) is 7.84. The first kappa shape index (κ1) is 10.0. The van der Waals surface area contributed by atoms with E-state index in [-0.39, 0.29) is 4.90 Å². The summed E-state index contributed by atoms with van der Waals surface area (Å²) in [5.41, 5.74) is 0.595. The second-order valence-electron chi connectivity index (χ2n) is 2.89. The van der Waals surface area contributed by atoms with E-state index in [1.807, 2.05) is 0 Å². The van der Waals surface area contributed by atoms with E-state index in [0.717, 1.165) is 0 Å². The van der Waals surface area contributed by atoms with Gasteiger partial charge in [0.05, 0.1) is 0 Å². The SMILES string of the molecule is Cc1nnc(-c2cccc(S(=O)[O-])c2)o1. The summed E-state index contributed by atoms with van der Waals surface area (Å²) in [5.74, 6) is 0.762. The molecular formula is C9H7N2O3S-. The minimum atomic E-state index is -2.25. The number of aromatic nitrogens is 2. The first-order valence-electron chi connectivity index (χ1n) is 4.16. The topological polar surface area (TPSA) is 79.0 Å². The van der Waals surface area contributed by atoms with Crippen LogP contribution in [0.15, 0.2) is 33.6 Å². The summed E-state index contributed by atoms with van der Waals surface area (Å²) in [7, 11) is 0. The Morgan fingerprint density at radius 2 is 2.20 bits per heavy atom. The van der Waals surface area contributed by atoms with Crippen molar-refractivity contribution in [3.63, 3.8) is 0 Å². The van der Waals surface area contributed by atoms with Crippen LogP contribution in [0, 0.1) is 6.92 Å². The van der Waals surface area contributed by atoms with Gasteiger partial charge in [-0.15, -0.1) is 10.2 Å². The molecule has 1 unspecified atom stereocenters. The van der Waals surface area contributed by atoms with Crippen molar-refractivity contribution in [2.75, 3.05) is 0 Å². The van der Waals surface area contributed by atoms with Crippen molar-refractivity contribution in [1.82, 2.24) is 10.2 Å². The Morgan fingerprint density at radius 3 is 2.80 bits per heavy atom. The van der Waals surface area contributed by atoms with Gasteiger partial charge in [-0.2, -0.15) is 0 Å². The molecule has 2 rings (SSSR count). The molecule has 0 fully saturated rings. The average Bonchev–Trinajstić information content (AvgIpc) is 2.65. The smallest absolute Gasteiger partial charge is 0.247 e. The molecule has 15 heavy (non-hydrogen) atoms. The van der Waals surface area contributed by atoms with Crippen LogP contribution >= 0.6 is 0 Å². The highest BCUT2D eigenvalue weighted by atomic mass is 32.2. The Kier molecular flexibility index (Phi) is 2.61. The predicted octanol–water partition coefficient (Wildman–Crippen LogP) is 1.28. The first-order chi connectivity index (χ1) is 7.16. The van der Waals surface area contributed by atoms with Crippen molar-refractivity contribution < 1.29 is 13.2 Å². The summed E-state index contributed by atoms with van der Waals surface area (Å²) in [6.07, 6.45) is 0. The number of aryl methyl sites for hydroxylation is 1. The molecule has 1 aromatic carbocycles. The fourth-order valence-electron chi connectivity index (χ4n) is 1.15. The monoisotopic (exact) mass is 223 g/mol. The van der Waals surface area contributed by atoms with E-state index in [4.69, 9.17) is 4.42 Å². The number of hydrogen-bond acceptors (Lipinski definition) is 5. The molecule has 1 heterocycles. The zero-order valence-corrected chi connectivity index (χ0v) is 8.65. The molecule has 5 nitrogen and oxygen atoms in total. The normalized spacial score (nSPS) is 12.7. The molecule has 0 aliphatic rings. The van der Waals surface area contributed by atoms with Crippen LogP contribution in [0.4, 0.5) is 0 Å². The van der Waals surface area contributed by atoms with Crippen LogP contribution in [0.5, 0.6) is 0 Å². The molecular weight excluding hydrogens is 216 g/mol. The third-order valence-electron chi connectivity index (χ3n) is 1.80. The van der Waals surface area contributed by atoms with Gasteiger partial charge in [-0.1, -0.05) is 6.07 Å². The molecule has 0 N–H and O–H groups in total. The lowest BCUT2D eigenvalue weighted by molar-refractivity contribution is 0.532. The van der Waals surface area contributed by atoms with Gasteiger partial charge in [0.25, 0.3) is 0 Å². The summed E-state index contributed by atoms with van der Waals surface area (Å²) in [6.45, 7) is 1.67. The van der Waals surface area contributed by atoms with E-state index in [0.29, 0.717) is 17.3 Å². The predicted molar refractivity (Wildman–Crippen MR) is 51.7 cm³/mol. The first-order valence-corrected chi connectivity index (χ1v) is 5.24.